The summed E-state index contributed by atoms with van der Waals surface area (Å²) in [6.07, 6.45) is 2.00. The van der Waals surface area contributed by atoms with Crippen LogP contribution in [0.3, 0.4) is 0 Å². The van der Waals surface area contributed by atoms with E-state index in [1.54, 1.807) is 0 Å². The molecule has 2 heterocycles. The Kier molecular flexibility index (Phi) is 4.74. The second-order valence-electron chi connectivity index (χ2n) is 5.63. The van der Waals surface area contributed by atoms with E-state index >= 15 is 0 Å². The molecule has 1 aliphatic rings. The number of hydrogen-bond acceptors (Lipinski definition) is 6. The zero-order chi connectivity index (χ0) is 16.3. The van der Waals surface area contributed by atoms with Crippen molar-refractivity contribution in [1.29, 1.82) is 0 Å². The van der Waals surface area contributed by atoms with Gasteiger partial charge >= 0.3 is 0 Å². The lowest BCUT2D eigenvalue weighted by Gasteiger charge is -2.21. The van der Waals surface area contributed by atoms with E-state index in [0.717, 1.165) is 25.9 Å². The number of nitrogens with one attached hydrogen (secondary N) is 1. The Morgan fingerprint density at radius 3 is 2.87 bits per heavy atom. The van der Waals surface area contributed by atoms with E-state index in [1.807, 2.05) is 18.2 Å². The number of benzene rings is 1. The van der Waals surface area contributed by atoms with Gasteiger partial charge in [0, 0.05) is 6.54 Å². The van der Waals surface area contributed by atoms with Gasteiger partial charge in [0.05, 0.1) is 6.04 Å². The van der Waals surface area contributed by atoms with Gasteiger partial charge in [-0.2, -0.15) is 4.98 Å². The van der Waals surface area contributed by atoms with Gasteiger partial charge in [-0.15, -0.1) is 0 Å². The van der Waals surface area contributed by atoms with Gasteiger partial charge in [-0.1, -0.05) is 35.5 Å². The first-order valence-corrected chi connectivity index (χ1v) is 9.24. The number of hydrogen-bond donors (Lipinski definition) is 1. The summed E-state index contributed by atoms with van der Waals surface area (Å²) in [7, 11) is -2.02. The molecule has 1 aliphatic heterocycles. The molecule has 0 bridgehead atoms. The molecule has 3 rings (SSSR count). The van der Waals surface area contributed by atoms with Gasteiger partial charge in [0.1, 0.15) is 5.75 Å². The van der Waals surface area contributed by atoms with E-state index in [4.69, 9.17) is 4.52 Å². The highest BCUT2D eigenvalue weighted by Crippen LogP contribution is 2.32. The molecular formula is C15H20N4O3S. The molecule has 1 N–H and O–H groups in total. The molecule has 1 fully saturated rings. The lowest BCUT2D eigenvalue weighted by Crippen LogP contribution is -2.23. The van der Waals surface area contributed by atoms with Crippen LogP contribution >= 0.6 is 0 Å². The van der Waals surface area contributed by atoms with Crippen LogP contribution in [0, 0.1) is 0 Å². The smallest absolute Gasteiger partial charge is 0.244 e. The van der Waals surface area contributed by atoms with Crippen LogP contribution in [-0.2, 0) is 22.3 Å². The van der Waals surface area contributed by atoms with E-state index in [9.17, 15) is 8.42 Å². The maximum Gasteiger partial charge on any atom is 0.244 e. The molecule has 0 aliphatic carbocycles. The summed E-state index contributed by atoms with van der Waals surface area (Å²) in [5, 5.41) is 3.80. The van der Waals surface area contributed by atoms with Crippen LogP contribution in [0.25, 0.3) is 0 Å². The van der Waals surface area contributed by atoms with Crippen LogP contribution in [0.1, 0.15) is 36.2 Å². The average molecular weight is 336 g/mol. The molecule has 23 heavy (non-hydrogen) atoms. The van der Waals surface area contributed by atoms with E-state index < -0.39 is 10.0 Å². The molecule has 1 aromatic carbocycles. The number of aromatic nitrogens is 2. The van der Waals surface area contributed by atoms with Gasteiger partial charge in [-0.05, 0) is 32.0 Å². The first-order valence-electron chi connectivity index (χ1n) is 7.59. The van der Waals surface area contributed by atoms with Crippen molar-refractivity contribution in [3.63, 3.8) is 0 Å². The van der Waals surface area contributed by atoms with E-state index in [1.165, 1.54) is 12.6 Å². The number of nitrogens with zero attached hydrogens (tertiary/aromatic N) is 3. The van der Waals surface area contributed by atoms with E-state index in [0.29, 0.717) is 5.89 Å². The fraction of sp³-hybridized carbons (Fsp3) is 0.467. The Bertz CT molecular complexity index is 745. The summed E-state index contributed by atoms with van der Waals surface area (Å²) in [5.41, 5.74) is 1.23. The number of sulfonamides is 1. The van der Waals surface area contributed by atoms with Crippen molar-refractivity contribution in [2.45, 2.75) is 31.2 Å². The van der Waals surface area contributed by atoms with Crippen molar-refractivity contribution in [3.05, 3.63) is 47.6 Å². The zero-order valence-electron chi connectivity index (χ0n) is 13.0. The Morgan fingerprint density at radius 2 is 2.13 bits per heavy atom. The van der Waals surface area contributed by atoms with Gasteiger partial charge in [-0.3, -0.25) is 4.90 Å². The molecule has 1 saturated heterocycles. The van der Waals surface area contributed by atoms with Gasteiger partial charge in [-0.25, -0.2) is 13.1 Å². The van der Waals surface area contributed by atoms with Gasteiger partial charge in [0.15, 0.2) is 5.82 Å². The maximum absolute atomic E-state index is 11.6. The molecular weight excluding hydrogens is 316 g/mol. The molecule has 7 nitrogen and oxygen atoms in total. The first-order chi connectivity index (χ1) is 11.1. The molecule has 0 saturated carbocycles. The molecule has 124 valence electrons. The summed E-state index contributed by atoms with van der Waals surface area (Å²) < 4.78 is 30.7. The quantitative estimate of drug-likeness (QED) is 0.859. The highest BCUT2D eigenvalue weighted by atomic mass is 32.2. The lowest BCUT2D eigenvalue weighted by atomic mass is 10.2. The average Bonchev–Trinajstić information content (AvgIpc) is 3.17. The van der Waals surface area contributed by atoms with Crippen LogP contribution in [0.15, 0.2) is 34.9 Å². The fourth-order valence-electron chi connectivity index (χ4n) is 2.82. The third kappa shape index (κ3) is 3.95. The predicted octanol–water partition coefficient (Wildman–Crippen LogP) is 1.46. The normalized spacial score (nSPS) is 19.3. The first kappa shape index (κ1) is 16.1. The van der Waals surface area contributed by atoms with E-state index in [-0.39, 0.29) is 17.6 Å². The predicted molar refractivity (Wildman–Crippen MR) is 84.8 cm³/mol. The standard InChI is InChI=1S/C15H20N4O3S/c1-16-23(20,21)11-14-17-15(22-18-14)13-8-5-9-19(13)10-12-6-3-2-4-7-12/h2-4,6-7,13,16H,5,8-11H2,1H3. The molecule has 0 amide bonds. The van der Waals surface area contributed by atoms with Crippen LogP contribution < -0.4 is 4.72 Å². The molecule has 0 spiro atoms. The van der Waals surface area contributed by atoms with E-state index in [2.05, 4.69) is 31.9 Å². The molecule has 1 unspecified atom stereocenters. The topological polar surface area (TPSA) is 88.3 Å². The van der Waals surface area contributed by atoms with Crippen LogP contribution in [0.5, 0.6) is 0 Å². The fourth-order valence-corrected chi connectivity index (χ4v) is 3.42. The molecule has 0 radical (unpaired) electrons. The summed E-state index contributed by atoms with van der Waals surface area (Å²) >= 11 is 0. The largest absolute Gasteiger partial charge is 0.338 e. The van der Waals surface area contributed by atoms with Crippen molar-refractivity contribution < 1.29 is 12.9 Å². The Morgan fingerprint density at radius 1 is 1.35 bits per heavy atom. The molecule has 8 heteroatoms. The Labute approximate surface area is 135 Å². The van der Waals surface area contributed by atoms with Gasteiger partial charge < -0.3 is 4.52 Å². The van der Waals surface area contributed by atoms with Crippen LogP contribution in [0.2, 0.25) is 0 Å². The summed E-state index contributed by atoms with van der Waals surface area (Å²) in [6.45, 7) is 1.78. The van der Waals surface area contributed by atoms with Gasteiger partial charge in [0.25, 0.3) is 0 Å². The third-order valence-corrected chi connectivity index (χ3v) is 5.25. The highest BCUT2D eigenvalue weighted by Gasteiger charge is 2.31. The minimum atomic E-state index is -3.39. The second kappa shape index (κ2) is 6.77. The van der Waals surface area contributed by atoms with Crippen molar-refractivity contribution in [2.75, 3.05) is 13.6 Å². The molecule has 2 aromatic rings. The molecule has 1 atom stereocenters. The zero-order valence-corrected chi connectivity index (χ0v) is 13.8. The maximum atomic E-state index is 11.6. The Balaban J connectivity index is 1.72. The molecule has 1 aromatic heterocycles. The summed E-state index contributed by atoms with van der Waals surface area (Å²) in [5.74, 6) is 0.430. The van der Waals surface area contributed by atoms with Crippen molar-refractivity contribution >= 4 is 10.0 Å². The lowest BCUT2D eigenvalue weighted by molar-refractivity contribution is 0.201. The minimum absolute atomic E-state index is 0.0498. The number of likely N-dealkylation sites (tertiary alicyclic amines) is 1. The van der Waals surface area contributed by atoms with Crippen molar-refractivity contribution in [1.82, 2.24) is 19.8 Å². The van der Waals surface area contributed by atoms with Gasteiger partial charge in [0.2, 0.25) is 15.9 Å². The monoisotopic (exact) mass is 336 g/mol. The third-order valence-electron chi connectivity index (χ3n) is 3.99. The Hall–Kier alpha value is -1.77. The summed E-state index contributed by atoms with van der Waals surface area (Å²) in [6, 6.07) is 10.3. The SMILES string of the molecule is CNS(=O)(=O)Cc1noc(C2CCCN2Cc2ccccc2)n1. The van der Waals surface area contributed by atoms with Crippen molar-refractivity contribution in [3.8, 4) is 0 Å². The van der Waals surface area contributed by atoms with Crippen molar-refractivity contribution in [2.24, 2.45) is 0 Å². The second-order valence-corrected chi connectivity index (χ2v) is 7.55. The number of rotatable bonds is 6. The minimum Gasteiger partial charge on any atom is -0.338 e. The highest BCUT2D eigenvalue weighted by molar-refractivity contribution is 7.88. The summed E-state index contributed by atoms with van der Waals surface area (Å²) in [4.78, 5) is 6.57. The van der Waals surface area contributed by atoms with Crippen LogP contribution in [0.4, 0.5) is 0 Å². The van der Waals surface area contributed by atoms with Crippen LogP contribution in [-0.4, -0.2) is 37.1 Å².